The van der Waals surface area contributed by atoms with Crippen LogP contribution in [-0.4, -0.2) is 28.8 Å². The van der Waals surface area contributed by atoms with Crippen molar-refractivity contribution in [3.05, 3.63) is 0 Å². The Morgan fingerprint density at radius 2 is 1.40 bits per heavy atom. The van der Waals surface area contributed by atoms with Gasteiger partial charge < -0.3 is 5.11 Å². The number of aliphatic hydroxyl groups excluding tert-OH is 1. The zero-order valence-electron chi connectivity index (χ0n) is 3.52. The second-order valence-corrected chi connectivity index (χ2v) is 1.09. The molecule has 0 unspecified atom stereocenters. The average Bonchev–Trinajstić information content (AvgIpc) is 0.811. The molecule has 5 heavy (non-hydrogen) atoms. The van der Waals surface area contributed by atoms with Crippen molar-refractivity contribution in [1.29, 1.82) is 0 Å². The Balaban J connectivity index is 0. The fourth-order valence-electron chi connectivity index (χ4n) is 0. The van der Waals surface area contributed by atoms with E-state index in [2.05, 4.69) is 0 Å². The summed E-state index contributed by atoms with van der Waals surface area (Å²) in [6.45, 7) is 3.44. The van der Waals surface area contributed by atoms with Crippen LogP contribution in [0.4, 0.5) is 0 Å². The molecule has 4 radical (unpaired) electrons. The molecule has 0 saturated heterocycles. The summed E-state index contributed by atoms with van der Waals surface area (Å²) in [5.41, 5.74) is 0. The van der Waals surface area contributed by atoms with E-state index in [4.69, 9.17) is 5.11 Å². The van der Waals surface area contributed by atoms with Crippen LogP contribution in [0.5, 0.6) is 0 Å². The molecule has 0 bridgehead atoms. The van der Waals surface area contributed by atoms with Gasteiger partial charge in [-0.2, -0.15) is 0 Å². The van der Waals surface area contributed by atoms with Crippen molar-refractivity contribution in [2.75, 3.05) is 0 Å². The summed E-state index contributed by atoms with van der Waals surface area (Å²) in [5, 5.41) is 8.06. The first kappa shape index (κ1) is 9.09. The van der Waals surface area contributed by atoms with Gasteiger partial charge in [0.05, 0.1) is 0 Å². The average molecular weight is 133 g/mol. The van der Waals surface area contributed by atoms with Crippen LogP contribution in [0.3, 0.4) is 0 Å². The molecule has 0 aliphatic carbocycles. The van der Waals surface area contributed by atoms with Gasteiger partial charge in [0.1, 0.15) is 0 Å². The summed E-state index contributed by atoms with van der Waals surface area (Å²) < 4.78 is 0. The summed E-state index contributed by atoms with van der Waals surface area (Å²) in [5.74, 6) is 0. The Labute approximate surface area is 43.4 Å². The monoisotopic (exact) mass is 134 g/mol. The van der Waals surface area contributed by atoms with Gasteiger partial charge in [0.2, 0.25) is 0 Å². The molecule has 30 valence electrons. The molecule has 0 aromatic heterocycles. The van der Waals surface area contributed by atoms with Gasteiger partial charge in [0.15, 0.2) is 0 Å². The first-order valence-electron chi connectivity index (χ1n) is 1.41. The predicted octanol–water partition coefficient (Wildman–Crippen LogP) is 0.00630. The molecule has 0 amide bonds. The van der Waals surface area contributed by atoms with Gasteiger partial charge in [-0.25, -0.2) is 0 Å². The Hall–Kier alpha value is 0.503. The van der Waals surface area contributed by atoms with E-state index in [-0.39, 0.29) is 23.7 Å². The summed E-state index contributed by atoms with van der Waals surface area (Å²) in [4.78, 5) is 0. The molecule has 0 saturated carbocycles. The van der Waals surface area contributed by atoms with Crippen LogP contribution >= 0.6 is 0 Å². The number of hydrogen-bond acceptors (Lipinski definition) is 1. The van der Waals surface area contributed by atoms with Crippen LogP contribution < -0.4 is 0 Å². The molecule has 0 spiro atoms. The Bertz CT molecular complexity index is 11.6. The van der Waals surface area contributed by atoms with Gasteiger partial charge in [0, 0.05) is 23.7 Å². The molecule has 0 heterocycles. The zero-order valence-corrected chi connectivity index (χ0v) is 5.62. The van der Waals surface area contributed by atoms with E-state index in [0.29, 0.717) is 0 Å². The minimum Gasteiger partial charge on any atom is -0.394 e. The molecule has 0 rings (SSSR count). The van der Waals surface area contributed by atoms with Crippen LogP contribution in [0, 0.1) is 0 Å². The molecule has 0 aliphatic heterocycles. The number of rotatable bonds is 0. The van der Waals surface area contributed by atoms with Crippen LogP contribution in [0.15, 0.2) is 0 Å². The van der Waals surface area contributed by atoms with E-state index in [0.717, 1.165) is 0 Å². The zero-order chi connectivity index (χ0) is 3.58. The third-order valence-corrected chi connectivity index (χ3v) is 0. The summed E-state index contributed by atoms with van der Waals surface area (Å²) >= 11 is 0. The van der Waals surface area contributed by atoms with Gasteiger partial charge in [0.25, 0.3) is 0 Å². The standard InChI is InChI=1S/C3H8O.Ge/c1-3(2)4;/h3-4H,1-2H3;. The van der Waals surface area contributed by atoms with E-state index in [1.54, 1.807) is 13.8 Å². The van der Waals surface area contributed by atoms with Gasteiger partial charge in [-0.1, -0.05) is 0 Å². The van der Waals surface area contributed by atoms with Gasteiger partial charge in [-0.3, -0.25) is 0 Å². The molecular weight excluding hydrogens is 125 g/mol. The predicted molar refractivity (Wildman–Crippen MR) is 23.1 cm³/mol. The SMILES string of the molecule is CC(C)O.[Ge]. The van der Waals surface area contributed by atoms with Crippen LogP contribution in [0.2, 0.25) is 0 Å². The van der Waals surface area contributed by atoms with Crippen molar-refractivity contribution in [1.82, 2.24) is 0 Å². The van der Waals surface area contributed by atoms with E-state index < -0.39 is 0 Å². The third kappa shape index (κ3) is 112. The Morgan fingerprint density at radius 1 is 1.40 bits per heavy atom. The largest absolute Gasteiger partial charge is 0.394 e. The van der Waals surface area contributed by atoms with Gasteiger partial charge in [-0.15, -0.1) is 0 Å². The minimum absolute atomic E-state index is 0. The topological polar surface area (TPSA) is 20.2 Å². The summed E-state index contributed by atoms with van der Waals surface area (Å²) in [7, 11) is 0. The molecule has 0 aliphatic rings. The maximum atomic E-state index is 8.06. The van der Waals surface area contributed by atoms with E-state index in [1.807, 2.05) is 0 Å². The fourth-order valence-corrected chi connectivity index (χ4v) is 0. The molecule has 0 aromatic carbocycles. The molecule has 1 N–H and O–H groups in total. The van der Waals surface area contributed by atoms with Crippen molar-refractivity contribution in [3.63, 3.8) is 0 Å². The van der Waals surface area contributed by atoms with E-state index in [9.17, 15) is 0 Å². The summed E-state index contributed by atoms with van der Waals surface area (Å²) in [6.07, 6.45) is -0.167. The van der Waals surface area contributed by atoms with Crippen molar-refractivity contribution >= 4 is 17.6 Å². The maximum absolute atomic E-state index is 8.06. The smallest absolute Gasteiger partial charge is 0.0483 e. The normalized spacial score (nSPS) is 7.20. The van der Waals surface area contributed by atoms with Crippen molar-refractivity contribution < 1.29 is 5.11 Å². The first-order chi connectivity index (χ1) is 1.73. The first-order valence-corrected chi connectivity index (χ1v) is 1.41. The van der Waals surface area contributed by atoms with E-state index >= 15 is 0 Å². The molecule has 0 aromatic rings. The molecule has 1 nitrogen and oxygen atoms in total. The van der Waals surface area contributed by atoms with Crippen LogP contribution in [0.1, 0.15) is 13.8 Å². The second kappa shape index (κ2) is 4.50. The second-order valence-electron chi connectivity index (χ2n) is 1.09. The molecule has 0 fully saturated rings. The number of aliphatic hydroxyl groups is 1. The van der Waals surface area contributed by atoms with Crippen molar-refractivity contribution in [2.45, 2.75) is 20.0 Å². The maximum Gasteiger partial charge on any atom is 0.0483 e. The Kier molecular flexibility index (Phi) is 8.19. The number of hydrogen-bond donors (Lipinski definition) is 1. The quantitative estimate of drug-likeness (QED) is 0.461. The van der Waals surface area contributed by atoms with Crippen LogP contribution in [-0.2, 0) is 0 Å². The van der Waals surface area contributed by atoms with Crippen molar-refractivity contribution in [2.24, 2.45) is 0 Å². The molecule has 0 atom stereocenters. The third-order valence-electron chi connectivity index (χ3n) is 0. The van der Waals surface area contributed by atoms with E-state index in [1.165, 1.54) is 0 Å². The summed E-state index contributed by atoms with van der Waals surface area (Å²) in [6, 6.07) is 0. The van der Waals surface area contributed by atoms with Gasteiger partial charge >= 0.3 is 0 Å². The van der Waals surface area contributed by atoms with Crippen LogP contribution in [0.25, 0.3) is 0 Å². The van der Waals surface area contributed by atoms with Gasteiger partial charge in [-0.05, 0) is 13.8 Å². The molecule has 2 heteroatoms. The molecular formula is C3H8GeO. The Morgan fingerprint density at radius 3 is 1.40 bits per heavy atom. The van der Waals surface area contributed by atoms with Crippen molar-refractivity contribution in [3.8, 4) is 0 Å². The minimum atomic E-state index is -0.167. The fraction of sp³-hybridized carbons (Fsp3) is 1.00.